The van der Waals surface area contributed by atoms with Crippen LogP contribution in [0.1, 0.15) is 11.1 Å². The Hall–Kier alpha value is -2.98. The zero-order valence-electron chi connectivity index (χ0n) is 13.3. The van der Waals surface area contributed by atoms with Crippen LogP contribution in [-0.4, -0.2) is 29.5 Å². The summed E-state index contributed by atoms with van der Waals surface area (Å²) < 4.78 is 1.05. The van der Waals surface area contributed by atoms with Gasteiger partial charge in [-0.1, -0.05) is 17.4 Å². The maximum Gasteiger partial charge on any atom is 0.245 e. The number of benzene rings is 1. The number of anilines is 2. The standard InChI is InChI=1S/C17H15N5OS/c1-11-3-5-13-14(7-11)24-17(20-13)21-16(23)10-22(2)15-6-4-12(8-18)9-19-15/h3-7,9H,10H2,1-2H3,(H,20,21,23). The lowest BCUT2D eigenvalue weighted by Crippen LogP contribution is -2.30. The van der Waals surface area contributed by atoms with E-state index in [1.54, 1.807) is 24.1 Å². The predicted molar refractivity (Wildman–Crippen MR) is 95.2 cm³/mol. The van der Waals surface area contributed by atoms with Crippen LogP contribution in [0.4, 0.5) is 10.9 Å². The third-order valence-corrected chi connectivity index (χ3v) is 4.37. The molecule has 0 saturated heterocycles. The zero-order valence-corrected chi connectivity index (χ0v) is 14.1. The van der Waals surface area contributed by atoms with E-state index in [1.165, 1.54) is 17.5 Å². The molecular weight excluding hydrogens is 322 g/mol. The first-order chi connectivity index (χ1) is 11.5. The van der Waals surface area contributed by atoms with Gasteiger partial charge in [0, 0.05) is 13.2 Å². The molecule has 24 heavy (non-hydrogen) atoms. The van der Waals surface area contributed by atoms with Gasteiger partial charge in [-0.05, 0) is 36.8 Å². The molecular formula is C17H15N5OS. The Kier molecular flexibility index (Phi) is 4.40. The molecule has 0 unspecified atom stereocenters. The predicted octanol–water partition coefficient (Wildman–Crippen LogP) is 2.95. The van der Waals surface area contributed by atoms with E-state index in [0.717, 1.165) is 15.8 Å². The van der Waals surface area contributed by atoms with Crippen LogP contribution in [0.2, 0.25) is 0 Å². The van der Waals surface area contributed by atoms with Crippen LogP contribution in [-0.2, 0) is 4.79 Å². The number of amides is 1. The van der Waals surface area contributed by atoms with Crippen molar-refractivity contribution >= 4 is 38.4 Å². The molecule has 0 saturated carbocycles. The van der Waals surface area contributed by atoms with Crippen molar-refractivity contribution in [2.45, 2.75) is 6.92 Å². The largest absolute Gasteiger partial charge is 0.350 e. The van der Waals surface area contributed by atoms with Crippen molar-refractivity contribution in [1.82, 2.24) is 9.97 Å². The number of hydrogen-bond donors (Lipinski definition) is 1. The second-order valence-corrected chi connectivity index (χ2v) is 6.44. The van der Waals surface area contributed by atoms with Crippen molar-refractivity contribution in [2.24, 2.45) is 0 Å². The van der Waals surface area contributed by atoms with Crippen molar-refractivity contribution < 1.29 is 4.79 Å². The first kappa shape index (κ1) is 15.9. The highest BCUT2D eigenvalue weighted by Crippen LogP contribution is 2.26. The number of nitrogens with zero attached hydrogens (tertiary/aromatic N) is 4. The van der Waals surface area contributed by atoms with Crippen molar-refractivity contribution in [3.8, 4) is 6.07 Å². The van der Waals surface area contributed by atoms with Gasteiger partial charge in [0.25, 0.3) is 0 Å². The van der Waals surface area contributed by atoms with Crippen LogP contribution in [0.25, 0.3) is 10.2 Å². The molecule has 0 aliphatic carbocycles. The quantitative estimate of drug-likeness (QED) is 0.791. The Morgan fingerprint density at radius 1 is 1.38 bits per heavy atom. The summed E-state index contributed by atoms with van der Waals surface area (Å²) in [6.07, 6.45) is 1.49. The minimum absolute atomic E-state index is 0.147. The molecule has 0 fully saturated rings. The molecule has 3 aromatic rings. The van der Waals surface area contributed by atoms with E-state index in [4.69, 9.17) is 5.26 Å². The second-order valence-electron chi connectivity index (χ2n) is 5.41. The molecule has 1 N–H and O–H groups in total. The van der Waals surface area contributed by atoms with Crippen molar-refractivity contribution in [2.75, 3.05) is 23.8 Å². The molecule has 3 rings (SSSR count). The van der Waals surface area contributed by atoms with Gasteiger partial charge >= 0.3 is 0 Å². The lowest BCUT2D eigenvalue weighted by Gasteiger charge is -2.16. The van der Waals surface area contributed by atoms with Gasteiger partial charge in [0.15, 0.2) is 5.13 Å². The molecule has 0 radical (unpaired) electrons. The Balaban J connectivity index is 1.66. The summed E-state index contributed by atoms with van der Waals surface area (Å²) in [6.45, 7) is 2.17. The van der Waals surface area contributed by atoms with Crippen molar-refractivity contribution in [3.05, 3.63) is 47.7 Å². The van der Waals surface area contributed by atoms with Gasteiger partial charge in [0.2, 0.25) is 5.91 Å². The monoisotopic (exact) mass is 337 g/mol. The summed E-state index contributed by atoms with van der Waals surface area (Å²) in [4.78, 5) is 22.5. The van der Waals surface area contributed by atoms with Gasteiger partial charge in [-0.25, -0.2) is 9.97 Å². The van der Waals surface area contributed by atoms with E-state index < -0.39 is 0 Å². The molecule has 1 amide bonds. The molecule has 2 heterocycles. The average Bonchev–Trinajstić information content (AvgIpc) is 2.95. The molecule has 2 aromatic heterocycles. The van der Waals surface area contributed by atoms with Crippen molar-refractivity contribution in [3.63, 3.8) is 0 Å². The maximum atomic E-state index is 12.2. The van der Waals surface area contributed by atoms with E-state index in [2.05, 4.69) is 21.4 Å². The third kappa shape index (κ3) is 3.50. The summed E-state index contributed by atoms with van der Waals surface area (Å²) in [5, 5.41) is 12.2. The molecule has 120 valence electrons. The SMILES string of the molecule is Cc1ccc2nc(NC(=O)CN(C)c3ccc(C#N)cn3)sc2c1. The normalized spacial score (nSPS) is 10.4. The third-order valence-electron chi connectivity index (χ3n) is 3.44. The summed E-state index contributed by atoms with van der Waals surface area (Å²) in [7, 11) is 1.77. The Morgan fingerprint density at radius 3 is 2.92 bits per heavy atom. The smallest absolute Gasteiger partial charge is 0.245 e. The van der Waals surface area contributed by atoms with E-state index in [0.29, 0.717) is 16.5 Å². The Bertz CT molecular complexity index is 926. The van der Waals surface area contributed by atoms with Crippen molar-refractivity contribution in [1.29, 1.82) is 5.26 Å². The topological polar surface area (TPSA) is 81.9 Å². The number of aryl methyl sites for hydroxylation is 1. The van der Waals surface area contributed by atoms with E-state index in [9.17, 15) is 4.79 Å². The summed E-state index contributed by atoms with van der Waals surface area (Å²) in [5.74, 6) is 0.462. The van der Waals surface area contributed by atoms with Crippen LogP contribution < -0.4 is 10.2 Å². The number of rotatable bonds is 4. The Labute approximate surface area is 143 Å². The maximum absolute atomic E-state index is 12.2. The number of carbonyl (C=O) groups excluding carboxylic acids is 1. The number of nitrogens with one attached hydrogen (secondary N) is 1. The van der Waals surface area contributed by atoms with Crippen LogP contribution in [0.5, 0.6) is 0 Å². The number of carbonyl (C=O) groups is 1. The highest BCUT2D eigenvalue weighted by atomic mass is 32.1. The molecule has 0 aliphatic heterocycles. The zero-order chi connectivity index (χ0) is 17.1. The van der Waals surface area contributed by atoms with Gasteiger partial charge in [-0.2, -0.15) is 5.26 Å². The highest BCUT2D eigenvalue weighted by Gasteiger charge is 2.11. The average molecular weight is 337 g/mol. The number of nitriles is 1. The molecule has 0 bridgehead atoms. The molecule has 0 aliphatic rings. The van der Waals surface area contributed by atoms with Crippen LogP contribution in [0.15, 0.2) is 36.5 Å². The van der Waals surface area contributed by atoms with E-state index in [-0.39, 0.29) is 12.5 Å². The summed E-state index contributed by atoms with van der Waals surface area (Å²) in [6, 6.07) is 11.4. The van der Waals surface area contributed by atoms with Gasteiger partial charge in [0.1, 0.15) is 11.9 Å². The van der Waals surface area contributed by atoms with E-state index >= 15 is 0 Å². The minimum Gasteiger partial charge on any atom is -0.350 e. The molecule has 6 nitrogen and oxygen atoms in total. The van der Waals surface area contributed by atoms with Gasteiger partial charge in [0.05, 0.1) is 22.3 Å². The Morgan fingerprint density at radius 2 is 2.21 bits per heavy atom. The van der Waals surface area contributed by atoms with E-state index in [1.807, 2.05) is 25.1 Å². The fourth-order valence-electron chi connectivity index (χ4n) is 2.22. The van der Waals surface area contributed by atoms with Gasteiger partial charge in [-0.15, -0.1) is 0 Å². The van der Waals surface area contributed by atoms with Crippen LogP contribution in [0, 0.1) is 18.3 Å². The first-order valence-electron chi connectivity index (χ1n) is 7.29. The highest BCUT2D eigenvalue weighted by molar-refractivity contribution is 7.22. The van der Waals surface area contributed by atoms with Gasteiger partial charge in [-0.3, -0.25) is 4.79 Å². The van der Waals surface area contributed by atoms with Crippen LogP contribution in [0.3, 0.4) is 0 Å². The number of thiazole rings is 1. The minimum atomic E-state index is -0.167. The summed E-state index contributed by atoms with van der Waals surface area (Å²) in [5.41, 5.74) is 2.53. The fourth-order valence-corrected chi connectivity index (χ4v) is 3.20. The molecule has 0 spiro atoms. The lowest BCUT2D eigenvalue weighted by atomic mass is 10.2. The number of hydrogen-bond acceptors (Lipinski definition) is 6. The molecule has 1 aromatic carbocycles. The molecule has 7 heteroatoms. The first-order valence-corrected chi connectivity index (χ1v) is 8.11. The second kappa shape index (κ2) is 6.64. The lowest BCUT2D eigenvalue weighted by molar-refractivity contribution is -0.114. The number of aromatic nitrogens is 2. The van der Waals surface area contributed by atoms with Crippen LogP contribution >= 0.6 is 11.3 Å². The number of likely N-dealkylation sites (N-methyl/N-ethyl adjacent to an activating group) is 1. The summed E-state index contributed by atoms with van der Waals surface area (Å²) >= 11 is 1.45. The van der Waals surface area contributed by atoms with Gasteiger partial charge < -0.3 is 10.2 Å². The molecule has 0 atom stereocenters. The number of pyridine rings is 1. The number of fused-ring (bicyclic) bond motifs is 1. The fraction of sp³-hybridized carbons (Fsp3) is 0.176.